The van der Waals surface area contributed by atoms with Gasteiger partial charge in [-0.05, 0) is 12.1 Å². The highest BCUT2D eigenvalue weighted by molar-refractivity contribution is 7.14. The highest BCUT2D eigenvalue weighted by atomic mass is 32.1. The van der Waals surface area contributed by atoms with Gasteiger partial charge in [-0.2, -0.15) is 0 Å². The third-order valence-corrected chi connectivity index (χ3v) is 5.39. The van der Waals surface area contributed by atoms with Gasteiger partial charge < -0.3 is 4.74 Å². The summed E-state index contributed by atoms with van der Waals surface area (Å²) < 4.78 is 4.87. The molecule has 1 aliphatic rings. The van der Waals surface area contributed by atoms with Crippen LogP contribution in [0.4, 0.5) is 10.8 Å². The maximum absolute atomic E-state index is 12.3. The van der Waals surface area contributed by atoms with Gasteiger partial charge in [0.05, 0.1) is 21.7 Å². The van der Waals surface area contributed by atoms with Gasteiger partial charge in [0.25, 0.3) is 23.4 Å². The van der Waals surface area contributed by atoms with Crippen LogP contribution in [0, 0.1) is 10.1 Å². The second-order valence-electron chi connectivity index (χ2n) is 6.80. The Labute approximate surface area is 189 Å². The molecular weight excluding hydrogens is 452 g/mol. The summed E-state index contributed by atoms with van der Waals surface area (Å²) in [5.41, 5.74) is 1.26. The lowest BCUT2D eigenvalue weighted by Gasteiger charge is -2.12. The zero-order valence-electron chi connectivity index (χ0n) is 16.7. The number of hydrogen-bond acceptors (Lipinski definition) is 9. The molecule has 0 spiro atoms. The molecule has 3 amide bonds. The molecule has 3 aromatic rings. The Kier molecular flexibility index (Phi) is 5.91. The van der Waals surface area contributed by atoms with Crippen molar-refractivity contribution in [3.05, 3.63) is 75.2 Å². The normalized spacial score (nSPS) is 12.4. The van der Waals surface area contributed by atoms with Gasteiger partial charge in [0.15, 0.2) is 11.7 Å². The van der Waals surface area contributed by atoms with E-state index in [1.807, 2.05) is 0 Å². The first-order valence-electron chi connectivity index (χ1n) is 9.44. The molecule has 12 heteroatoms. The van der Waals surface area contributed by atoms with E-state index in [4.69, 9.17) is 4.74 Å². The standard InChI is InChI=1S/C21H14N4O7S/c26-17(23-21-22-16(11-33-21)12-4-3-5-13(8-12)25(30)31)10-32-18(27)9-24-19(28)14-6-1-2-7-15(14)20(24)29/h1-8,11H,9-10H2,(H,22,23,26). The van der Waals surface area contributed by atoms with Crippen LogP contribution in [0.2, 0.25) is 0 Å². The Balaban J connectivity index is 1.30. The van der Waals surface area contributed by atoms with Gasteiger partial charge in [-0.25, -0.2) is 4.98 Å². The van der Waals surface area contributed by atoms with Gasteiger partial charge in [-0.3, -0.25) is 39.5 Å². The zero-order chi connectivity index (χ0) is 23.5. The molecule has 0 aliphatic carbocycles. The van der Waals surface area contributed by atoms with Crippen LogP contribution in [0.15, 0.2) is 53.9 Å². The van der Waals surface area contributed by atoms with Crippen LogP contribution in [0.25, 0.3) is 11.3 Å². The van der Waals surface area contributed by atoms with E-state index in [0.29, 0.717) is 11.3 Å². The molecule has 1 aliphatic heterocycles. The largest absolute Gasteiger partial charge is 0.454 e. The number of anilines is 1. The first kappa shape index (κ1) is 21.8. The smallest absolute Gasteiger partial charge is 0.326 e. The summed E-state index contributed by atoms with van der Waals surface area (Å²) in [6.45, 7) is -1.26. The van der Waals surface area contributed by atoms with Crippen molar-refractivity contribution in [2.24, 2.45) is 0 Å². The molecule has 33 heavy (non-hydrogen) atoms. The summed E-state index contributed by atoms with van der Waals surface area (Å²) in [4.78, 5) is 64.1. The zero-order valence-corrected chi connectivity index (χ0v) is 17.5. The van der Waals surface area contributed by atoms with Crippen LogP contribution in [-0.2, 0) is 14.3 Å². The van der Waals surface area contributed by atoms with Crippen molar-refractivity contribution in [3.63, 3.8) is 0 Å². The molecule has 1 N–H and O–H groups in total. The van der Waals surface area contributed by atoms with Crippen molar-refractivity contribution in [1.82, 2.24) is 9.88 Å². The van der Waals surface area contributed by atoms with Crippen LogP contribution in [0.3, 0.4) is 0 Å². The van der Waals surface area contributed by atoms with E-state index in [-0.39, 0.29) is 21.9 Å². The molecule has 0 saturated heterocycles. The van der Waals surface area contributed by atoms with Gasteiger partial charge in [-0.15, -0.1) is 11.3 Å². The summed E-state index contributed by atoms with van der Waals surface area (Å²) in [5, 5.41) is 15.2. The second-order valence-corrected chi connectivity index (χ2v) is 7.65. The minimum absolute atomic E-state index is 0.0870. The fourth-order valence-electron chi connectivity index (χ4n) is 3.10. The number of nitro groups is 1. The van der Waals surface area contributed by atoms with Crippen molar-refractivity contribution in [2.75, 3.05) is 18.5 Å². The van der Waals surface area contributed by atoms with Crippen molar-refractivity contribution in [3.8, 4) is 11.3 Å². The van der Waals surface area contributed by atoms with E-state index in [0.717, 1.165) is 16.2 Å². The summed E-state index contributed by atoms with van der Waals surface area (Å²) >= 11 is 1.09. The van der Waals surface area contributed by atoms with E-state index in [1.54, 1.807) is 23.6 Å². The SMILES string of the molecule is O=C(COC(=O)CN1C(=O)c2ccccc2C1=O)Nc1nc(-c2cccc([N+](=O)[O-])c2)cs1. The molecule has 0 unspecified atom stereocenters. The van der Waals surface area contributed by atoms with E-state index < -0.39 is 41.8 Å². The first-order valence-corrected chi connectivity index (χ1v) is 10.3. The Morgan fingerprint density at radius 2 is 1.79 bits per heavy atom. The van der Waals surface area contributed by atoms with Crippen LogP contribution in [0.5, 0.6) is 0 Å². The fourth-order valence-corrected chi connectivity index (χ4v) is 3.84. The van der Waals surface area contributed by atoms with Gasteiger partial charge in [0.1, 0.15) is 6.54 Å². The molecule has 11 nitrogen and oxygen atoms in total. The number of fused-ring (bicyclic) bond motifs is 1. The van der Waals surface area contributed by atoms with E-state index in [1.165, 1.54) is 30.3 Å². The van der Waals surface area contributed by atoms with Gasteiger partial charge in [-0.1, -0.05) is 24.3 Å². The van der Waals surface area contributed by atoms with E-state index in [9.17, 15) is 29.3 Å². The number of thiazole rings is 1. The maximum atomic E-state index is 12.3. The Morgan fingerprint density at radius 1 is 1.09 bits per heavy atom. The van der Waals surface area contributed by atoms with Crippen molar-refractivity contribution in [1.29, 1.82) is 0 Å². The predicted octanol–water partition coefficient (Wildman–Crippen LogP) is 2.50. The number of nitrogens with one attached hydrogen (secondary N) is 1. The Morgan fingerprint density at radius 3 is 2.45 bits per heavy atom. The number of imide groups is 1. The van der Waals surface area contributed by atoms with Crippen molar-refractivity contribution >= 4 is 45.8 Å². The molecule has 1 aromatic heterocycles. The van der Waals surface area contributed by atoms with Crippen LogP contribution in [-0.4, -0.2) is 51.6 Å². The first-order chi connectivity index (χ1) is 15.8. The lowest BCUT2D eigenvalue weighted by molar-refractivity contribution is -0.384. The fraction of sp³-hybridized carbons (Fsp3) is 0.0952. The number of nitro benzene ring substituents is 1. The maximum Gasteiger partial charge on any atom is 0.326 e. The summed E-state index contributed by atoms with van der Waals surface area (Å²) in [7, 11) is 0. The second kappa shape index (κ2) is 8.96. The number of aromatic nitrogens is 1. The number of ether oxygens (including phenoxy) is 1. The third-order valence-electron chi connectivity index (χ3n) is 4.63. The molecule has 0 atom stereocenters. The molecule has 2 aromatic carbocycles. The molecule has 4 rings (SSSR count). The van der Waals surface area contributed by atoms with Gasteiger partial charge in [0.2, 0.25) is 0 Å². The summed E-state index contributed by atoms with van der Waals surface area (Å²) in [6.07, 6.45) is 0. The number of non-ortho nitro benzene ring substituents is 1. The average molecular weight is 466 g/mol. The predicted molar refractivity (Wildman–Crippen MR) is 116 cm³/mol. The minimum atomic E-state index is -0.920. The average Bonchev–Trinajstić information content (AvgIpc) is 3.37. The topological polar surface area (TPSA) is 149 Å². The summed E-state index contributed by atoms with van der Waals surface area (Å²) in [5.74, 6) is -2.80. The third kappa shape index (κ3) is 4.60. The van der Waals surface area contributed by atoms with Crippen LogP contribution < -0.4 is 5.32 Å². The summed E-state index contributed by atoms with van der Waals surface area (Å²) in [6, 6.07) is 12.1. The number of nitrogens with zero attached hydrogens (tertiary/aromatic N) is 3. The molecule has 2 heterocycles. The molecule has 0 radical (unpaired) electrons. The number of amides is 3. The Hall–Kier alpha value is -4.45. The molecule has 166 valence electrons. The highest BCUT2D eigenvalue weighted by Gasteiger charge is 2.36. The monoisotopic (exact) mass is 466 g/mol. The number of esters is 1. The Bertz CT molecular complexity index is 1270. The lowest BCUT2D eigenvalue weighted by Crippen LogP contribution is -2.36. The molecular formula is C21H14N4O7S. The number of hydrogen-bond donors (Lipinski definition) is 1. The molecule has 0 fully saturated rings. The van der Waals surface area contributed by atoms with Crippen LogP contribution in [0.1, 0.15) is 20.7 Å². The number of carbonyl (C=O) groups excluding carboxylic acids is 4. The van der Waals surface area contributed by atoms with Gasteiger partial charge in [0, 0.05) is 23.1 Å². The van der Waals surface area contributed by atoms with Crippen molar-refractivity contribution < 1.29 is 28.8 Å². The number of benzene rings is 2. The minimum Gasteiger partial charge on any atom is -0.454 e. The molecule has 0 bridgehead atoms. The van der Waals surface area contributed by atoms with Crippen molar-refractivity contribution in [2.45, 2.75) is 0 Å². The number of carbonyl (C=O) groups is 4. The lowest BCUT2D eigenvalue weighted by atomic mass is 10.1. The molecule has 0 saturated carbocycles. The van der Waals surface area contributed by atoms with E-state index in [2.05, 4.69) is 10.3 Å². The van der Waals surface area contributed by atoms with Gasteiger partial charge >= 0.3 is 5.97 Å². The van der Waals surface area contributed by atoms with E-state index >= 15 is 0 Å². The quantitative estimate of drug-likeness (QED) is 0.242. The highest BCUT2D eigenvalue weighted by Crippen LogP contribution is 2.27. The van der Waals surface area contributed by atoms with Crippen LogP contribution >= 0.6 is 11.3 Å². The number of rotatable bonds is 7.